The molecule has 0 saturated carbocycles. The van der Waals surface area contributed by atoms with Crippen molar-refractivity contribution in [1.29, 1.82) is 0 Å². The molecule has 0 bridgehead atoms. The first-order valence-corrected chi connectivity index (χ1v) is 7.26. The highest BCUT2D eigenvalue weighted by Gasteiger charge is 2.21. The minimum absolute atomic E-state index is 0.108. The maximum absolute atomic E-state index is 12.2. The Morgan fingerprint density at radius 3 is 2.54 bits per heavy atom. The first-order valence-electron chi connectivity index (χ1n) is 7.26. The number of amides is 1. The lowest BCUT2D eigenvalue weighted by Crippen LogP contribution is -2.30. The van der Waals surface area contributed by atoms with Crippen LogP contribution in [0.15, 0.2) is 36.5 Å². The Labute approximate surface area is 139 Å². The van der Waals surface area contributed by atoms with Crippen LogP contribution in [0.5, 0.6) is 5.75 Å². The summed E-state index contributed by atoms with van der Waals surface area (Å²) in [6.07, 6.45) is 0.393. The van der Waals surface area contributed by atoms with Gasteiger partial charge < -0.3 is 19.8 Å². The van der Waals surface area contributed by atoms with Crippen molar-refractivity contribution >= 4 is 23.3 Å². The zero-order chi connectivity index (χ0) is 17.7. The summed E-state index contributed by atoms with van der Waals surface area (Å²) in [4.78, 5) is 38.0. The number of Topliss-reactive ketones (excluding diaryl/α,β-unsaturated/α-hetero) is 1. The van der Waals surface area contributed by atoms with Gasteiger partial charge in [0.2, 0.25) is 0 Å². The molecule has 0 saturated heterocycles. The molecule has 24 heavy (non-hydrogen) atoms. The minimum Gasteiger partial charge on any atom is -0.495 e. The van der Waals surface area contributed by atoms with E-state index in [4.69, 9.17) is 9.47 Å². The van der Waals surface area contributed by atoms with Gasteiger partial charge in [0, 0.05) is 11.8 Å². The van der Waals surface area contributed by atoms with E-state index in [1.807, 2.05) is 0 Å². The first-order chi connectivity index (χ1) is 11.4. The number of esters is 1. The number of aromatic nitrogens is 1. The van der Waals surface area contributed by atoms with Crippen molar-refractivity contribution in [3.05, 3.63) is 47.8 Å². The summed E-state index contributed by atoms with van der Waals surface area (Å²) in [5.74, 6) is -0.886. The molecule has 1 heterocycles. The molecule has 0 spiro atoms. The van der Waals surface area contributed by atoms with Crippen LogP contribution in [0.3, 0.4) is 0 Å². The van der Waals surface area contributed by atoms with E-state index in [2.05, 4.69) is 10.3 Å². The highest BCUT2D eigenvalue weighted by atomic mass is 16.5. The lowest BCUT2D eigenvalue weighted by Gasteiger charge is -2.14. The van der Waals surface area contributed by atoms with Crippen LogP contribution in [0.25, 0.3) is 0 Å². The maximum atomic E-state index is 12.2. The molecule has 0 aliphatic rings. The number of anilines is 1. The largest absolute Gasteiger partial charge is 0.495 e. The van der Waals surface area contributed by atoms with Gasteiger partial charge in [0.1, 0.15) is 11.4 Å². The molecule has 7 heteroatoms. The van der Waals surface area contributed by atoms with Gasteiger partial charge in [-0.3, -0.25) is 9.59 Å². The average Bonchev–Trinajstić information content (AvgIpc) is 3.05. The van der Waals surface area contributed by atoms with Crippen molar-refractivity contribution in [2.75, 3.05) is 12.4 Å². The summed E-state index contributed by atoms with van der Waals surface area (Å²) in [7, 11) is 1.49. The third-order valence-corrected chi connectivity index (χ3v) is 3.33. The van der Waals surface area contributed by atoms with Gasteiger partial charge in [-0.25, -0.2) is 4.79 Å². The fourth-order valence-corrected chi connectivity index (χ4v) is 1.98. The van der Waals surface area contributed by atoms with Crippen molar-refractivity contribution in [3.8, 4) is 5.75 Å². The van der Waals surface area contributed by atoms with E-state index in [-0.39, 0.29) is 11.5 Å². The average molecular weight is 330 g/mol. The standard InChI is InChI=1S/C17H18N2O5/c1-10(20)12-8-14(18-9-12)17(22)24-11(2)16(21)19-13-6-4-5-7-15(13)23-3/h4-9,11,18H,1-3H3,(H,19,21)/t11-/m1/s1. The molecular formula is C17H18N2O5. The van der Waals surface area contributed by atoms with Gasteiger partial charge in [0.25, 0.3) is 5.91 Å². The molecular weight excluding hydrogens is 312 g/mol. The molecule has 1 aromatic carbocycles. The SMILES string of the molecule is COc1ccccc1NC(=O)[C@@H](C)OC(=O)c1cc(C(C)=O)c[nH]1. The second-order valence-electron chi connectivity index (χ2n) is 5.10. The topological polar surface area (TPSA) is 97.5 Å². The van der Waals surface area contributed by atoms with Crippen LogP contribution in [-0.2, 0) is 9.53 Å². The number of nitrogens with one attached hydrogen (secondary N) is 2. The van der Waals surface area contributed by atoms with E-state index in [0.29, 0.717) is 17.0 Å². The highest BCUT2D eigenvalue weighted by Crippen LogP contribution is 2.23. The van der Waals surface area contributed by atoms with Crippen LogP contribution in [0.1, 0.15) is 34.7 Å². The van der Waals surface area contributed by atoms with E-state index >= 15 is 0 Å². The van der Waals surface area contributed by atoms with Crippen molar-refractivity contribution in [2.24, 2.45) is 0 Å². The van der Waals surface area contributed by atoms with Crippen LogP contribution in [0, 0.1) is 0 Å². The summed E-state index contributed by atoms with van der Waals surface area (Å²) >= 11 is 0. The smallest absolute Gasteiger partial charge is 0.355 e. The van der Waals surface area contributed by atoms with Gasteiger partial charge in [-0.1, -0.05) is 12.1 Å². The molecule has 0 aliphatic heterocycles. The Hall–Kier alpha value is -3.09. The number of benzene rings is 1. The van der Waals surface area contributed by atoms with Gasteiger partial charge in [-0.2, -0.15) is 0 Å². The Morgan fingerprint density at radius 1 is 1.21 bits per heavy atom. The zero-order valence-electron chi connectivity index (χ0n) is 13.6. The Balaban J connectivity index is 2.00. The number of ketones is 1. The maximum Gasteiger partial charge on any atom is 0.355 e. The van der Waals surface area contributed by atoms with Gasteiger partial charge in [0.15, 0.2) is 11.9 Å². The quantitative estimate of drug-likeness (QED) is 0.626. The molecule has 1 atom stereocenters. The fraction of sp³-hybridized carbons (Fsp3) is 0.235. The molecule has 2 aromatic rings. The summed E-state index contributed by atoms with van der Waals surface area (Å²) in [5.41, 5.74) is 0.955. The predicted molar refractivity (Wildman–Crippen MR) is 87.3 cm³/mol. The van der Waals surface area contributed by atoms with Crippen molar-refractivity contribution in [2.45, 2.75) is 20.0 Å². The van der Waals surface area contributed by atoms with E-state index in [9.17, 15) is 14.4 Å². The van der Waals surface area contributed by atoms with E-state index in [0.717, 1.165) is 0 Å². The minimum atomic E-state index is -1.02. The third-order valence-electron chi connectivity index (χ3n) is 3.33. The number of hydrogen-bond donors (Lipinski definition) is 2. The molecule has 1 amide bonds. The van der Waals surface area contributed by atoms with Crippen LogP contribution in [0.2, 0.25) is 0 Å². The number of methoxy groups -OCH3 is 1. The molecule has 7 nitrogen and oxygen atoms in total. The second-order valence-corrected chi connectivity index (χ2v) is 5.10. The first kappa shape index (κ1) is 17.3. The summed E-state index contributed by atoms with van der Waals surface area (Å²) in [6.45, 7) is 2.85. The van der Waals surface area contributed by atoms with Crippen molar-refractivity contribution < 1.29 is 23.9 Å². The monoisotopic (exact) mass is 330 g/mol. The molecule has 0 aliphatic carbocycles. The molecule has 0 unspecified atom stereocenters. The summed E-state index contributed by atoms with van der Waals surface area (Å²) < 4.78 is 10.2. The highest BCUT2D eigenvalue weighted by molar-refractivity contribution is 5.99. The van der Waals surface area contributed by atoms with E-state index in [1.165, 1.54) is 33.2 Å². The zero-order valence-corrected chi connectivity index (χ0v) is 13.6. The van der Waals surface area contributed by atoms with E-state index in [1.54, 1.807) is 24.3 Å². The van der Waals surface area contributed by atoms with Crippen molar-refractivity contribution in [1.82, 2.24) is 4.98 Å². The number of carbonyl (C=O) groups is 3. The third kappa shape index (κ3) is 4.01. The summed E-state index contributed by atoms with van der Waals surface area (Å²) in [6, 6.07) is 8.28. The normalized spacial score (nSPS) is 11.5. The molecule has 0 fully saturated rings. The number of aromatic amines is 1. The van der Waals surface area contributed by atoms with Crippen molar-refractivity contribution in [3.63, 3.8) is 0 Å². The fourth-order valence-electron chi connectivity index (χ4n) is 1.98. The molecule has 2 N–H and O–H groups in total. The number of H-pyrrole nitrogens is 1. The Bertz CT molecular complexity index is 766. The van der Waals surface area contributed by atoms with Crippen LogP contribution >= 0.6 is 0 Å². The van der Waals surface area contributed by atoms with Crippen LogP contribution < -0.4 is 10.1 Å². The molecule has 0 radical (unpaired) electrons. The Morgan fingerprint density at radius 2 is 1.92 bits per heavy atom. The molecule has 2 rings (SSSR count). The summed E-state index contributed by atoms with van der Waals surface area (Å²) in [5, 5.41) is 2.64. The van der Waals surface area contributed by atoms with E-state index < -0.39 is 18.0 Å². The second kappa shape index (κ2) is 7.45. The number of hydrogen-bond acceptors (Lipinski definition) is 5. The number of rotatable bonds is 6. The lowest BCUT2D eigenvalue weighted by molar-refractivity contribution is -0.123. The Kier molecular flexibility index (Phi) is 5.36. The van der Waals surface area contributed by atoms with Gasteiger partial charge in [0.05, 0.1) is 12.8 Å². The number of para-hydroxylation sites is 2. The van der Waals surface area contributed by atoms with Gasteiger partial charge in [-0.15, -0.1) is 0 Å². The van der Waals surface area contributed by atoms with Crippen LogP contribution in [-0.4, -0.2) is 35.9 Å². The predicted octanol–water partition coefficient (Wildman–Crippen LogP) is 2.41. The number of ether oxygens (including phenoxy) is 2. The van der Waals surface area contributed by atoms with Gasteiger partial charge >= 0.3 is 5.97 Å². The molecule has 1 aromatic heterocycles. The lowest BCUT2D eigenvalue weighted by atomic mass is 10.2. The van der Waals surface area contributed by atoms with Crippen LogP contribution in [0.4, 0.5) is 5.69 Å². The van der Waals surface area contributed by atoms with Gasteiger partial charge in [-0.05, 0) is 32.0 Å². The number of carbonyl (C=O) groups excluding carboxylic acids is 3. The molecule has 126 valence electrons.